The fourth-order valence-electron chi connectivity index (χ4n) is 2.37. The quantitative estimate of drug-likeness (QED) is 0.500. The van der Waals surface area contributed by atoms with Crippen LogP contribution in [0, 0.1) is 0 Å². The van der Waals surface area contributed by atoms with Gasteiger partial charge in [0, 0.05) is 22.6 Å². The Balaban J connectivity index is 0.00000243. The van der Waals surface area contributed by atoms with Crippen molar-refractivity contribution < 1.29 is 4.79 Å². The molecule has 1 heterocycles. The number of rotatable bonds is 5. The minimum absolute atomic E-state index is 0. The number of halogens is 3. The summed E-state index contributed by atoms with van der Waals surface area (Å²) in [6.45, 7) is 1.30. The number of nitrogens with zero attached hydrogens (tertiary/aromatic N) is 3. The highest BCUT2D eigenvalue weighted by Crippen LogP contribution is 2.32. The van der Waals surface area contributed by atoms with Gasteiger partial charge in [0.05, 0.1) is 15.8 Å². The third-order valence-corrected chi connectivity index (χ3v) is 5.66. The van der Waals surface area contributed by atoms with E-state index in [4.69, 9.17) is 11.6 Å². The van der Waals surface area contributed by atoms with Gasteiger partial charge in [0.15, 0.2) is 5.13 Å². The zero-order valence-corrected chi connectivity index (χ0v) is 18.3. The molecule has 0 N–H and O–H groups in total. The van der Waals surface area contributed by atoms with Crippen molar-refractivity contribution in [1.82, 2.24) is 9.88 Å². The number of likely N-dealkylation sites (N-methyl/N-ethyl adjacent to an activating group) is 1. The van der Waals surface area contributed by atoms with Crippen LogP contribution in [0.2, 0.25) is 5.02 Å². The average Bonchev–Trinajstić information content (AvgIpc) is 2.97. The van der Waals surface area contributed by atoms with Crippen molar-refractivity contribution in [1.29, 1.82) is 0 Å². The topological polar surface area (TPSA) is 36.4 Å². The predicted octanol–water partition coefficient (Wildman–Crippen LogP) is 5.34. The summed E-state index contributed by atoms with van der Waals surface area (Å²) in [4.78, 5) is 21.6. The van der Waals surface area contributed by atoms with Crippen LogP contribution in [0.25, 0.3) is 10.2 Å². The maximum absolute atomic E-state index is 13.1. The standard InChI is InChI=1S/C18H17BrClN3OS.ClH/c1-22(2)9-10-23(17(24)13-5-3-4-6-14(13)19)18-21-15-8-7-12(20)11-16(15)25-18;/h3-8,11H,9-10H2,1-2H3;1H. The lowest BCUT2D eigenvalue weighted by Gasteiger charge is -2.22. The fraction of sp³-hybridized carbons (Fsp3) is 0.222. The van der Waals surface area contributed by atoms with Crippen LogP contribution >= 0.6 is 51.3 Å². The molecule has 0 saturated carbocycles. The van der Waals surface area contributed by atoms with Gasteiger partial charge in [-0.2, -0.15) is 0 Å². The lowest BCUT2D eigenvalue weighted by atomic mass is 10.2. The van der Waals surface area contributed by atoms with Crippen molar-refractivity contribution in [2.24, 2.45) is 0 Å². The Bertz CT molecular complexity index is 916. The second kappa shape index (κ2) is 9.15. The molecule has 26 heavy (non-hydrogen) atoms. The van der Waals surface area contributed by atoms with Crippen molar-refractivity contribution >= 4 is 72.5 Å². The number of carbonyl (C=O) groups is 1. The molecule has 2 aromatic carbocycles. The number of fused-ring (bicyclic) bond motifs is 1. The third-order valence-electron chi connectivity index (χ3n) is 3.69. The highest BCUT2D eigenvalue weighted by Gasteiger charge is 2.22. The van der Waals surface area contributed by atoms with Crippen molar-refractivity contribution in [3.63, 3.8) is 0 Å². The summed E-state index contributed by atoms with van der Waals surface area (Å²) >= 11 is 11.0. The first-order valence-corrected chi connectivity index (χ1v) is 9.71. The van der Waals surface area contributed by atoms with Gasteiger partial charge in [0.1, 0.15) is 0 Å². The molecule has 3 aromatic rings. The summed E-state index contributed by atoms with van der Waals surface area (Å²) in [6.07, 6.45) is 0. The molecule has 0 atom stereocenters. The van der Waals surface area contributed by atoms with E-state index in [2.05, 4.69) is 20.9 Å². The van der Waals surface area contributed by atoms with Crippen LogP contribution in [0.1, 0.15) is 10.4 Å². The highest BCUT2D eigenvalue weighted by atomic mass is 79.9. The Kier molecular flexibility index (Phi) is 7.43. The molecule has 138 valence electrons. The largest absolute Gasteiger partial charge is 0.308 e. The fourth-order valence-corrected chi connectivity index (χ4v) is 4.09. The second-order valence-electron chi connectivity index (χ2n) is 5.85. The van der Waals surface area contributed by atoms with Gasteiger partial charge in [-0.25, -0.2) is 4.98 Å². The highest BCUT2D eigenvalue weighted by molar-refractivity contribution is 9.10. The van der Waals surface area contributed by atoms with Crippen molar-refractivity contribution in [3.05, 3.63) is 57.5 Å². The third kappa shape index (κ3) is 4.75. The Hall–Kier alpha value is -1.18. The van der Waals surface area contributed by atoms with Gasteiger partial charge in [-0.15, -0.1) is 12.4 Å². The monoisotopic (exact) mass is 473 g/mol. The van der Waals surface area contributed by atoms with Gasteiger partial charge in [-0.05, 0) is 60.4 Å². The number of carbonyl (C=O) groups excluding carboxylic acids is 1. The molecular formula is C18H18BrCl2N3OS. The average molecular weight is 475 g/mol. The number of benzene rings is 2. The van der Waals surface area contributed by atoms with Gasteiger partial charge >= 0.3 is 0 Å². The molecule has 0 aliphatic carbocycles. The number of hydrogen-bond acceptors (Lipinski definition) is 4. The van der Waals surface area contributed by atoms with Gasteiger partial charge < -0.3 is 4.90 Å². The minimum atomic E-state index is -0.0699. The maximum Gasteiger partial charge on any atom is 0.261 e. The Morgan fingerprint density at radius 3 is 2.62 bits per heavy atom. The summed E-state index contributed by atoms with van der Waals surface area (Å²) in [7, 11) is 3.97. The molecule has 3 rings (SSSR count). The van der Waals surface area contributed by atoms with E-state index in [0.29, 0.717) is 22.3 Å². The number of aromatic nitrogens is 1. The molecule has 0 unspecified atom stereocenters. The molecule has 0 aliphatic heterocycles. The van der Waals surface area contributed by atoms with E-state index in [1.165, 1.54) is 11.3 Å². The lowest BCUT2D eigenvalue weighted by Crippen LogP contribution is -2.36. The van der Waals surface area contributed by atoms with E-state index in [1.807, 2.05) is 61.5 Å². The molecule has 0 fully saturated rings. The number of anilines is 1. The van der Waals surface area contributed by atoms with Crippen molar-refractivity contribution in [2.75, 3.05) is 32.1 Å². The molecule has 8 heteroatoms. The first kappa shape index (κ1) is 21.1. The molecular weight excluding hydrogens is 457 g/mol. The predicted molar refractivity (Wildman–Crippen MR) is 116 cm³/mol. The van der Waals surface area contributed by atoms with Crippen molar-refractivity contribution in [2.45, 2.75) is 0 Å². The smallest absolute Gasteiger partial charge is 0.261 e. The first-order valence-electron chi connectivity index (χ1n) is 7.73. The maximum atomic E-state index is 13.1. The van der Waals surface area contributed by atoms with Crippen LogP contribution in [0.4, 0.5) is 5.13 Å². The molecule has 0 aliphatic rings. The number of hydrogen-bond donors (Lipinski definition) is 0. The number of amides is 1. The molecule has 1 amide bonds. The van der Waals surface area contributed by atoms with Gasteiger partial charge in [-0.1, -0.05) is 35.1 Å². The normalized spacial score (nSPS) is 10.8. The minimum Gasteiger partial charge on any atom is -0.308 e. The summed E-state index contributed by atoms with van der Waals surface area (Å²) in [6, 6.07) is 13.0. The van der Waals surface area contributed by atoms with Crippen LogP contribution in [0.3, 0.4) is 0 Å². The summed E-state index contributed by atoms with van der Waals surface area (Å²) < 4.78 is 1.75. The van der Waals surface area contributed by atoms with E-state index < -0.39 is 0 Å². The summed E-state index contributed by atoms with van der Waals surface area (Å²) in [5.41, 5.74) is 1.47. The Labute approximate surface area is 176 Å². The van der Waals surface area contributed by atoms with Crippen LogP contribution in [-0.4, -0.2) is 43.0 Å². The van der Waals surface area contributed by atoms with E-state index >= 15 is 0 Å². The molecule has 0 bridgehead atoms. The van der Waals surface area contributed by atoms with Crippen LogP contribution in [-0.2, 0) is 0 Å². The molecule has 0 spiro atoms. The molecule has 1 aromatic heterocycles. The summed E-state index contributed by atoms with van der Waals surface area (Å²) in [5, 5.41) is 1.35. The zero-order chi connectivity index (χ0) is 18.0. The molecule has 0 saturated heterocycles. The Morgan fingerprint density at radius 1 is 1.19 bits per heavy atom. The summed E-state index contributed by atoms with van der Waals surface area (Å²) in [5.74, 6) is -0.0699. The number of thiazole rings is 1. The Morgan fingerprint density at radius 2 is 1.92 bits per heavy atom. The van der Waals surface area contributed by atoms with E-state index in [0.717, 1.165) is 21.2 Å². The molecule has 0 radical (unpaired) electrons. The molecule has 4 nitrogen and oxygen atoms in total. The first-order chi connectivity index (χ1) is 12.0. The van der Waals surface area contributed by atoms with Gasteiger partial charge in [0.2, 0.25) is 0 Å². The second-order valence-corrected chi connectivity index (χ2v) is 8.15. The van der Waals surface area contributed by atoms with Gasteiger partial charge in [0.25, 0.3) is 5.91 Å². The van der Waals surface area contributed by atoms with E-state index in [1.54, 1.807) is 4.90 Å². The van der Waals surface area contributed by atoms with Gasteiger partial charge in [-0.3, -0.25) is 9.69 Å². The van der Waals surface area contributed by atoms with Crippen molar-refractivity contribution in [3.8, 4) is 0 Å². The van der Waals surface area contributed by atoms with E-state index in [-0.39, 0.29) is 18.3 Å². The van der Waals surface area contributed by atoms with Crippen LogP contribution < -0.4 is 4.90 Å². The zero-order valence-electron chi connectivity index (χ0n) is 14.3. The van der Waals surface area contributed by atoms with E-state index in [9.17, 15) is 4.79 Å². The SMILES string of the molecule is CN(C)CCN(C(=O)c1ccccc1Br)c1nc2ccc(Cl)cc2s1.Cl. The lowest BCUT2D eigenvalue weighted by molar-refractivity contribution is 0.0984. The van der Waals surface area contributed by atoms with Crippen LogP contribution in [0.5, 0.6) is 0 Å². The van der Waals surface area contributed by atoms with Crippen LogP contribution in [0.15, 0.2) is 46.9 Å².